The van der Waals surface area contributed by atoms with Crippen molar-refractivity contribution in [1.82, 2.24) is 9.62 Å². The van der Waals surface area contributed by atoms with Gasteiger partial charge in [0.2, 0.25) is 15.9 Å². The molecule has 0 spiro atoms. The maximum Gasteiger partial charge on any atom is 0.243 e. The Morgan fingerprint density at radius 2 is 1.76 bits per heavy atom. The minimum Gasteiger partial charge on any atom is -0.393 e. The molecule has 1 aromatic rings. The summed E-state index contributed by atoms with van der Waals surface area (Å²) >= 11 is 0. The molecule has 3 rings (SSSR count). The topological polar surface area (TPSA) is 86.7 Å². The van der Waals surface area contributed by atoms with Crippen molar-refractivity contribution in [2.45, 2.75) is 55.6 Å². The molecule has 0 radical (unpaired) electrons. The number of piperidine rings is 1. The predicted molar refractivity (Wildman–Crippen MR) is 94.3 cm³/mol. The highest BCUT2D eigenvalue weighted by molar-refractivity contribution is 7.89. The molecule has 25 heavy (non-hydrogen) atoms. The second-order valence-electron chi connectivity index (χ2n) is 7.03. The Balaban J connectivity index is 1.62. The molecule has 1 amide bonds. The summed E-state index contributed by atoms with van der Waals surface area (Å²) in [4.78, 5) is 12.8. The lowest BCUT2D eigenvalue weighted by Crippen LogP contribution is -2.48. The number of nitrogens with zero attached hydrogens (tertiary/aromatic N) is 1. The first-order valence-corrected chi connectivity index (χ1v) is 10.4. The number of sulfonamides is 1. The zero-order valence-electron chi connectivity index (χ0n) is 14.3. The summed E-state index contributed by atoms with van der Waals surface area (Å²) in [6, 6.07) is 8.47. The van der Waals surface area contributed by atoms with Gasteiger partial charge in [-0.2, -0.15) is 4.31 Å². The first-order chi connectivity index (χ1) is 12.0. The van der Waals surface area contributed by atoms with Gasteiger partial charge in [-0.25, -0.2) is 8.42 Å². The number of aliphatic hydroxyl groups excluding tert-OH is 1. The summed E-state index contributed by atoms with van der Waals surface area (Å²) < 4.78 is 26.9. The molecule has 1 heterocycles. The van der Waals surface area contributed by atoms with Gasteiger partial charge < -0.3 is 10.4 Å². The lowest BCUT2D eigenvalue weighted by Gasteiger charge is -2.33. The van der Waals surface area contributed by atoms with Crippen LogP contribution < -0.4 is 5.32 Å². The second kappa shape index (κ2) is 7.85. The Kier molecular flexibility index (Phi) is 5.76. The molecule has 1 atom stereocenters. The minimum atomic E-state index is -3.55. The van der Waals surface area contributed by atoms with Gasteiger partial charge in [0, 0.05) is 19.1 Å². The summed E-state index contributed by atoms with van der Waals surface area (Å²) in [5.74, 6) is -0.367. The van der Waals surface area contributed by atoms with Gasteiger partial charge in [0.1, 0.15) is 0 Å². The lowest BCUT2D eigenvalue weighted by atomic mass is 9.92. The second-order valence-corrected chi connectivity index (χ2v) is 8.97. The SMILES string of the molecule is O=C(N[C@H]1CC[C@H](O)CC1)[C@H]1CCCN(S(=O)(=O)c2ccccc2)C1. The smallest absolute Gasteiger partial charge is 0.243 e. The molecule has 2 fully saturated rings. The van der Waals surface area contributed by atoms with Gasteiger partial charge in [0.15, 0.2) is 0 Å². The van der Waals surface area contributed by atoms with Crippen molar-refractivity contribution in [3.05, 3.63) is 30.3 Å². The monoisotopic (exact) mass is 366 g/mol. The number of hydrogen-bond donors (Lipinski definition) is 2. The summed E-state index contributed by atoms with van der Waals surface area (Å²) in [6.45, 7) is 0.690. The summed E-state index contributed by atoms with van der Waals surface area (Å²) in [5.41, 5.74) is 0. The standard InChI is InChI=1S/C18H26N2O4S/c21-16-10-8-15(9-11-16)19-18(22)14-5-4-12-20(13-14)25(23,24)17-6-2-1-3-7-17/h1-3,6-7,14-16,21H,4-5,8-13H2,(H,19,22)/t14-,15-,16-/m0/s1. The van der Waals surface area contributed by atoms with E-state index in [1.54, 1.807) is 30.3 Å². The zero-order valence-corrected chi connectivity index (χ0v) is 15.1. The number of nitrogens with one attached hydrogen (secondary N) is 1. The van der Waals surface area contributed by atoms with E-state index in [1.165, 1.54) is 4.31 Å². The van der Waals surface area contributed by atoms with E-state index in [1.807, 2.05) is 0 Å². The molecule has 2 N–H and O–H groups in total. The fourth-order valence-electron chi connectivity index (χ4n) is 3.66. The van der Waals surface area contributed by atoms with E-state index >= 15 is 0 Å². The van der Waals surface area contributed by atoms with Gasteiger partial charge in [-0.05, 0) is 50.7 Å². The van der Waals surface area contributed by atoms with Crippen LogP contribution >= 0.6 is 0 Å². The van der Waals surface area contributed by atoms with Crippen LogP contribution in [0.25, 0.3) is 0 Å². The van der Waals surface area contributed by atoms with Gasteiger partial charge in [-0.1, -0.05) is 18.2 Å². The number of rotatable bonds is 4. The van der Waals surface area contributed by atoms with Crippen molar-refractivity contribution in [2.75, 3.05) is 13.1 Å². The quantitative estimate of drug-likeness (QED) is 0.846. The first-order valence-electron chi connectivity index (χ1n) is 9.00. The normalized spacial score (nSPS) is 28.4. The van der Waals surface area contributed by atoms with Crippen LogP contribution in [0.2, 0.25) is 0 Å². The van der Waals surface area contributed by atoms with Crippen LogP contribution in [0.4, 0.5) is 0 Å². The Morgan fingerprint density at radius 3 is 2.44 bits per heavy atom. The number of carbonyl (C=O) groups is 1. The van der Waals surface area contributed by atoms with E-state index in [0.29, 0.717) is 32.2 Å². The van der Waals surface area contributed by atoms with Crippen LogP contribution in [-0.4, -0.2) is 49.0 Å². The molecule has 6 nitrogen and oxygen atoms in total. The Morgan fingerprint density at radius 1 is 1.08 bits per heavy atom. The molecular weight excluding hydrogens is 340 g/mol. The molecule has 138 valence electrons. The van der Waals surface area contributed by atoms with Gasteiger partial charge >= 0.3 is 0 Å². The Hall–Kier alpha value is -1.44. The third kappa shape index (κ3) is 4.40. The summed E-state index contributed by atoms with van der Waals surface area (Å²) in [6.07, 6.45) is 4.13. The fraction of sp³-hybridized carbons (Fsp3) is 0.611. The van der Waals surface area contributed by atoms with Crippen molar-refractivity contribution in [3.63, 3.8) is 0 Å². The number of benzene rings is 1. The molecule has 1 aromatic carbocycles. The summed E-state index contributed by atoms with van der Waals surface area (Å²) in [7, 11) is -3.55. The maximum absolute atomic E-state index is 12.7. The predicted octanol–water partition coefficient (Wildman–Crippen LogP) is 1.51. The summed E-state index contributed by atoms with van der Waals surface area (Å²) in [5, 5.41) is 12.6. The lowest BCUT2D eigenvalue weighted by molar-refractivity contribution is -0.127. The van der Waals surface area contributed by atoms with Gasteiger partial charge in [0.25, 0.3) is 0 Å². The molecule has 0 aromatic heterocycles. The highest BCUT2D eigenvalue weighted by atomic mass is 32.2. The number of carbonyl (C=O) groups excluding carboxylic acids is 1. The van der Waals surface area contributed by atoms with Crippen LogP contribution in [0.15, 0.2) is 35.2 Å². The van der Waals surface area contributed by atoms with Crippen LogP contribution in [0.3, 0.4) is 0 Å². The third-order valence-electron chi connectivity index (χ3n) is 5.18. The third-order valence-corrected chi connectivity index (χ3v) is 7.06. The van der Waals surface area contributed by atoms with E-state index in [2.05, 4.69) is 5.32 Å². The van der Waals surface area contributed by atoms with Crippen LogP contribution in [0.1, 0.15) is 38.5 Å². The van der Waals surface area contributed by atoms with Crippen molar-refractivity contribution < 1.29 is 18.3 Å². The molecule has 0 bridgehead atoms. The van der Waals surface area contributed by atoms with Crippen LogP contribution in [0, 0.1) is 5.92 Å². The molecule has 2 aliphatic rings. The highest BCUT2D eigenvalue weighted by Gasteiger charge is 2.34. The zero-order chi connectivity index (χ0) is 17.9. The first kappa shape index (κ1) is 18.4. The molecule has 1 aliphatic heterocycles. The Bertz CT molecular complexity index is 684. The van der Waals surface area contributed by atoms with E-state index in [0.717, 1.165) is 12.8 Å². The largest absolute Gasteiger partial charge is 0.393 e. The van der Waals surface area contributed by atoms with Crippen LogP contribution in [0.5, 0.6) is 0 Å². The van der Waals surface area contributed by atoms with E-state index in [-0.39, 0.29) is 35.4 Å². The van der Waals surface area contributed by atoms with Gasteiger partial charge in [-0.15, -0.1) is 0 Å². The fourth-order valence-corrected chi connectivity index (χ4v) is 5.20. The Labute approximate surface area is 149 Å². The molecule has 1 aliphatic carbocycles. The van der Waals surface area contributed by atoms with Crippen molar-refractivity contribution in [3.8, 4) is 0 Å². The molecule has 0 unspecified atom stereocenters. The molecule has 7 heteroatoms. The van der Waals surface area contributed by atoms with E-state index in [9.17, 15) is 18.3 Å². The van der Waals surface area contributed by atoms with Crippen molar-refractivity contribution in [2.24, 2.45) is 5.92 Å². The number of aliphatic hydroxyl groups is 1. The minimum absolute atomic E-state index is 0.0608. The number of hydrogen-bond acceptors (Lipinski definition) is 4. The number of amides is 1. The molecule has 1 saturated heterocycles. The average Bonchev–Trinajstić information content (AvgIpc) is 2.64. The maximum atomic E-state index is 12.7. The van der Waals surface area contributed by atoms with Crippen LogP contribution in [-0.2, 0) is 14.8 Å². The van der Waals surface area contributed by atoms with Crippen molar-refractivity contribution in [1.29, 1.82) is 0 Å². The van der Waals surface area contributed by atoms with E-state index < -0.39 is 10.0 Å². The van der Waals surface area contributed by atoms with Crippen molar-refractivity contribution >= 4 is 15.9 Å². The highest BCUT2D eigenvalue weighted by Crippen LogP contribution is 2.25. The average molecular weight is 366 g/mol. The molecule has 1 saturated carbocycles. The van der Waals surface area contributed by atoms with Gasteiger partial charge in [-0.3, -0.25) is 4.79 Å². The van der Waals surface area contributed by atoms with Gasteiger partial charge in [0.05, 0.1) is 16.9 Å². The molecular formula is C18H26N2O4S. The van der Waals surface area contributed by atoms with E-state index in [4.69, 9.17) is 0 Å².